The molecule has 0 saturated carbocycles. The van der Waals surface area contributed by atoms with E-state index >= 15 is 0 Å². The van der Waals surface area contributed by atoms with Gasteiger partial charge in [-0.25, -0.2) is 9.59 Å². The lowest BCUT2D eigenvalue weighted by Crippen LogP contribution is -2.58. The quantitative estimate of drug-likeness (QED) is 0.157. The van der Waals surface area contributed by atoms with Crippen LogP contribution in [0.3, 0.4) is 0 Å². The molecule has 0 spiro atoms. The van der Waals surface area contributed by atoms with Gasteiger partial charge in [-0.3, -0.25) is 0 Å². The number of carbonyl (C=O) groups excluding carboxylic acids is 2. The van der Waals surface area contributed by atoms with E-state index in [2.05, 4.69) is 105 Å². The van der Waals surface area contributed by atoms with Crippen LogP contribution in [0.25, 0.3) is 10.8 Å². The normalized spacial score (nSPS) is 29.8. The first-order valence-electron chi connectivity index (χ1n) is 19.7. The highest BCUT2D eigenvalue weighted by Crippen LogP contribution is 2.53. The molecule has 2 aliphatic carbocycles. The molecule has 2 aromatic rings. The Hall–Kier alpha value is -2.73. The van der Waals surface area contributed by atoms with Gasteiger partial charge in [0.15, 0.2) is 6.10 Å². The van der Waals surface area contributed by atoms with E-state index in [4.69, 9.17) is 23.1 Å². The van der Waals surface area contributed by atoms with E-state index in [1.165, 1.54) is 5.57 Å². The lowest BCUT2D eigenvalue weighted by atomic mass is 9.59. The minimum Gasteiger partial charge on any atom is -0.478 e. The monoisotopic (exact) mass is 760 g/mol. The van der Waals surface area contributed by atoms with Gasteiger partial charge >= 0.3 is 11.9 Å². The molecule has 9 atom stereocenters. The van der Waals surface area contributed by atoms with Gasteiger partial charge in [0, 0.05) is 23.1 Å². The molecule has 1 heterocycles. The van der Waals surface area contributed by atoms with Crippen molar-refractivity contribution in [3.8, 4) is 5.75 Å². The van der Waals surface area contributed by atoms with Gasteiger partial charge in [0.25, 0.3) is 0 Å². The van der Waals surface area contributed by atoms with Crippen molar-refractivity contribution in [1.82, 2.24) is 0 Å². The highest BCUT2D eigenvalue weighted by Gasteiger charge is 2.55. The van der Waals surface area contributed by atoms with E-state index in [0.29, 0.717) is 31.4 Å². The van der Waals surface area contributed by atoms with Gasteiger partial charge in [0.1, 0.15) is 24.1 Å². The maximum Gasteiger partial charge on any atom is 0.347 e. The molecular weight excluding hydrogens is 697 g/mol. The fraction of sp³-hybridized carbons (Fsp3) is 0.636. The maximum absolute atomic E-state index is 14.3. The summed E-state index contributed by atoms with van der Waals surface area (Å²) >= 11 is 0. The summed E-state index contributed by atoms with van der Waals surface area (Å²) in [4.78, 5) is 27.9. The molecule has 53 heavy (non-hydrogen) atoms. The highest BCUT2D eigenvalue weighted by atomic mass is 28.3. The van der Waals surface area contributed by atoms with Crippen molar-refractivity contribution in [2.24, 2.45) is 34.5 Å². The first kappa shape index (κ1) is 41.4. The summed E-state index contributed by atoms with van der Waals surface area (Å²) in [6.45, 7) is 26.0. The molecular formula is C44H64O7Si2. The third-order valence-electron chi connectivity index (χ3n) is 11.6. The summed E-state index contributed by atoms with van der Waals surface area (Å²) in [6.07, 6.45) is 8.19. The molecule has 2 unspecified atom stereocenters. The first-order valence-corrected chi connectivity index (χ1v) is 24.6. The second kappa shape index (κ2) is 16.6. The Bertz CT molecular complexity index is 1650. The lowest BCUT2D eigenvalue weighted by molar-refractivity contribution is -0.180. The Morgan fingerprint density at radius 1 is 0.962 bits per heavy atom. The summed E-state index contributed by atoms with van der Waals surface area (Å²) in [6, 6.07) is 14.0. The van der Waals surface area contributed by atoms with Crippen molar-refractivity contribution in [2.75, 3.05) is 0 Å². The van der Waals surface area contributed by atoms with Crippen LogP contribution in [-0.4, -0.2) is 60.0 Å². The minimum absolute atomic E-state index is 0.0356. The van der Waals surface area contributed by atoms with E-state index in [0.717, 1.165) is 17.2 Å². The molecule has 1 fully saturated rings. The molecule has 0 N–H and O–H groups in total. The van der Waals surface area contributed by atoms with Gasteiger partial charge in [-0.2, -0.15) is 0 Å². The Morgan fingerprint density at radius 3 is 2.30 bits per heavy atom. The van der Waals surface area contributed by atoms with E-state index in [9.17, 15) is 9.59 Å². The first-order chi connectivity index (χ1) is 24.8. The molecule has 0 aromatic heterocycles. The number of carbonyl (C=O) groups is 2. The highest BCUT2D eigenvalue weighted by molar-refractivity contribution is 6.49. The van der Waals surface area contributed by atoms with Crippen molar-refractivity contribution in [2.45, 2.75) is 144 Å². The Kier molecular flexibility index (Phi) is 12.9. The number of benzene rings is 2. The largest absolute Gasteiger partial charge is 0.478 e. The zero-order valence-electron chi connectivity index (χ0n) is 34.3. The van der Waals surface area contributed by atoms with Crippen LogP contribution in [0.4, 0.5) is 0 Å². The molecule has 5 rings (SSSR count). The van der Waals surface area contributed by atoms with Gasteiger partial charge in [0.2, 0.25) is 18.1 Å². The SMILES string of the molecule is CCC(Oc1cccc2ccccc12)C(=O)O[C@H]1C[C@H](C(C)(C)C)C=C2C=C[C@H](C)[C@](CC[C@@H]3C[C@H](C(C)(C)C)C(O[Si](C)C)C(=O)O3)(O[Si](C)C)[C@H]21. The Labute approximate surface area is 322 Å². The van der Waals surface area contributed by atoms with Crippen molar-refractivity contribution in [3.63, 3.8) is 0 Å². The average Bonchev–Trinajstić information content (AvgIpc) is 3.07. The van der Waals surface area contributed by atoms with Crippen LogP contribution in [0, 0.1) is 34.5 Å². The van der Waals surface area contributed by atoms with E-state index in [1.807, 2.05) is 37.3 Å². The summed E-state index contributed by atoms with van der Waals surface area (Å²) < 4.78 is 32.9. The van der Waals surface area contributed by atoms with Crippen LogP contribution in [0.1, 0.15) is 87.5 Å². The second-order valence-corrected chi connectivity index (χ2v) is 22.3. The molecule has 0 bridgehead atoms. The molecule has 0 amide bonds. The molecule has 2 radical (unpaired) electrons. The Balaban J connectivity index is 1.47. The van der Waals surface area contributed by atoms with Gasteiger partial charge in [-0.15, -0.1) is 0 Å². The molecule has 9 heteroatoms. The Morgan fingerprint density at radius 2 is 1.66 bits per heavy atom. The molecule has 290 valence electrons. The summed E-state index contributed by atoms with van der Waals surface area (Å²) in [5, 5.41) is 2.03. The standard InChI is InChI=1S/C44H64O7Si2/c1-13-35(48-36-20-16-18-29-17-14-15-19-33(29)36)40(45)49-37-26-31(42(3,4)5)25-30-22-21-28(2)44(38(30)37,51-53(11)12)24-23-32-27-34(43(6,7)8)39(41(46)47-32)50-52(9)10/h14-22,25,28,31-32,34-35,37-39H,13,23-24,26-27H2,1-12H3/t28-,31+,32+,34-,35?,37-,38+,39?,44-/m0/s1. The zero-order chi connectivity index (χ0) is 38.9. The summed E-state index contributed by atoms with van der Waals surface area (Å²) in [7, 11) is -2.31. The van der Waals surface area contributed by atoms with Crippen LogP contribution in [0.2, 0.25) is 26.2 Å². The second-order valence-electron chi connectivity index (χ2n) is 18.2. The van der Waals surface area contributed by atoms with Crippen molar-refractivity contribution >= 4 is 40.8 Å². The maximum atomic E-state index is 14.3. The smallest absolute Gasteiger partial charge is 0.347 e. The minimum atomic E-state index is -1.22. The van der Waals surface area contributed by atoms with Gasteiger partial charge in [0.05, 0.1) is 5.60 Å². The van der Waals surface area contributed by atoms with Gasteiger partial charge < -0.3 is 23.1 Å². The number of allylic oxidation sites excluding steroid dienone is 2. The fourth-order valence-corrected chi connectivity index (χ4v) is 10.7. The number of hydrogen-bond donors (Lipinski definition) is 0. The predicted molar refractivity (Wildman–Crippen MR) is 216 cm³/mol. The van der Waals surface area contributed by atoms with Crippen molar-refractivity contribution in [1.29, 1.82) is 0 Å². The van der Waals surface area contributed by atoms with Crippen molar-refractivity contribution in [3.05, 3.63) is 66.3 Å². The number of rotatable bonds is 12. The molecule has 1 aliphatic heterocycles. The fourth-order valence-electron chi connectivity index (χ4n) is 8.73. The molecule has 1 saturated heterocycles. The number of ether oxygens (including phenoxy) is 3. The lowest BCUT2D eigenvalue weighted by Gasteiger charge is -2.54. The predicted octanol–water partition coefficient (Wildman–Crippen LogP) is 10.1. The van der Waals surface area contributed by atoms with Crippen LogP contribution >= 0.6 is 0 Å². The van der Waals surface area contributed by atoms with Gasteiger partial charge in [-0.1, -0.05) is 110 Å². The molecule has 7 nitrogen and oxygen atoms in total. The number of cyclic esters (lactones) is 1. The van der Waals surface area contributed by atoms with Crippen LogP contribution in [0.5, 0.6) is 5.75 Å². The van der Waals surface area contributed by atoms with E-state index in [-0.39, 0.29) is 52.5 Å². The number of esters is 2. The van der Waals surface area contributed by atoms with E-state index in [1.54, 1.807) is 0 Å². The van der Waals surface area contributed by atoms with Crippen LogP contribution in [-0.2, 0) is 27.9 Å². The zero-order valence-corrected chi connectivity index (χ0v) is 36.3. The topological polar surface area (TPSA) is 80.3 Å². The van der Waals surface area contributed by atoms with E-state index < -0.39 is 42.0 Å². The van der Waals surface area contributed by atoms with Crippen LogP contribution in [0.15, 0.2) is 66.3 Å². The third-order valence-corrected chi connectivity index (χ3v) is 13.2. The summed E-state index contributed by atoms with van der Waals surface area (Å²) in [5.41, 5.74) is 0.360. The van der Waals surface area contributed by atoms with Crippen molar-refractivity contribution < 1.29 is 32.7 Å². The summed E-state index contributed by atoms with van der Waals surface area (Å²) in [5.74, 6) is 0.195. The molecule has 3 aliphatic rings. The van der Waals surface area contributed by atoms with Gasteiger partial charge in [-0.05, 0) is 92.1 Å². The number of fused-ring (bicyclic) bond motifs is 2. The van der Waals surface area contributed by atoms with Crippen LogP contribution < -0.4 is 4.74 Å². The number of hydrogen-bond acceptors (Lipinski definition) is 7. The molecule has 2 aromatic carbocycles. The third kappa shape index (κ3) is 9.39. The average molecular weight is 761 g/mol.